The molecule has 3 aromatic rings. The van der Waals surface area contributed by atoms with Crippen molar-refractivity contribution in [2.75, 3.05) is 26.1 Å². The molecule has 1 unspecified atom stereocenters. The Morgan fingerprint density at radius 2 is 1.60 bits per heavy atom. The van der Waals surface area contributed by atoms with Gasteiger partial charge < -0.3 is 20.1 Å². The maximum atomic E-state index is 14.0. The third-order valence-electron chi connectivity index (χ3n) is 7.10. The molecule has 1 aliphatic heterocycles. The summed E-state index contributed by atoms with van der Waals surface area (Å²) in [5, 5.41) is 13.7. The molecule has 6 nitrogen and oxygen atoms in total. The summed E-state index contributed by atoms with van der Waals surface area (Å²) < 4.78 is 5.98. The molecule has 1 atom stereocenters. The van der Waals surface area contributed by atoms with Crippen LogP contribution in [0.3, 0.4) is 0 Å². The highest BCUT2D eigenvalue weighted by Gasteiger charge is 2.40. The number of halogens is 2. The fourth-order valence-corrected chi connectivity index (χ4v) is 5.42. The smallest absolute Gasteiger partial charge is 0.334 e. The molecule has 0 bridgehead atoms. The Labute approximate surface area is 244 Å². The van der Waals surface area contributed by atoms with Crippen LogP contribution in [0.15, 0.2) is 108 Å². The zero-order chi connectivity index (χ0) is 28.6. The highest BCUT2D eigenvalue weighted by atomic mass is 35.5. The van der Waals surface area contributed by atoms with Crippen LogP contribution in [0.5, 0.6) is 0 Å². The van der Waals surface area contributed by atoms with Gasteiger partial charge in [0.1, 0.15) is 6.61 Å². The van der Waals surface area contributed by atoms with Crippen LogP contribution in [0.25, 0.3) is 0 Å². The largest absolute Gasteiger partial charge is 0.478 e. The molecule has 40 heavy (non-hydrogen) atoms. The summed E-state index contributed by atoms with van der Waals surface area (Å²) in [5.41, 5.74) is 3.63. The Morgan fingerprint density at radius 3 is 2.15 bits per heavy atom. The predicted octanol–water partition coefficient (Wildman–Crippen LogP) is 6.53. The number of hydrogen-bond donors (Lipinski definition) is 2. The van der Waals surface area contributed by atoms with Gasteiger partial charge in [-0.15, -0.1) is 11.6 Å². The van der Waals surface area contributed by atoms with Crippen molar-refractivity contribution < 1.29 is 19.4 Å². The van der Waals surface area contributed by atoms with Gasteiger partial charge in [0.2, 0.25) is 5.88 Å². The molecule has 0 saturated carbocycles. The summed E-state index contributed by atoms with van der Waals surface area (Å²) in [6.45, 7) is 2.21. The molecule has 2 N–H and O–H groups in total. The van der Waals surface area contributed by atoms with Gasteiger partial charge in [-0.3, -0.25) is 4.79 Å². The number of rotatable bonds is 11. The number of allylic oxidation sites excluding steroid dienone is 1. The second-order valence-electron chi connectivity index (χ2n) is 9.53. The normalized spacial score (nSPS) is 15.4. The van der Waals surface area contributed by atoms with Crippen LogP contribution >= 0.6 is 23.2 Å². The van der Waals surface area contributed by atoms with Crippen molar-refractivity contribution in [1.82, 2.24) is 10.2 Å². The second kappa shape index (κ2) is 13.6. The molecule has 0 spiro atoms. The van der Waals surface area contributed by atoms with Gasteiger partial charge >= 0.3 is 5.97 Å². The summed E-state index contributed by atoms with van der Waals surface area (Å²) in [5.74, 6) is -1.88. The molecular formula is C32H32Cl2N2O4. The lowest BCUT2D eigenvalue weighted by Gasteiger charge is -2.36. The van der Waals surface area contributed by atoms with Crippen LogP contribution in [-0.2, 0) is 14.3 Å². The van der Waals surface area contributed by atoms with E-state index in [1.54, 1.807) is 43.1 Å². The van der Waals surface area contributed by atoms with Gasteiger partial charge in [0.25, 0.3) is 5.91 Å². The first-order valence-electron chi connectivity index (χ1n) is 13.1. The van der Waals surface area contributed by atoms with Gasteiger partial charge in [-0.2, -0.15) is 0 Å². The molecule has 208 valence electrons. The number of carboxylic acid groups (broad SMARTS) is 1. The number of alkyl halides is 1. The van der Waals surface area contributed by atoms with Crippen molar-refractivity contribution >= 4 is 35.1 Å². The third kappa shape index (κ3) is 6.52. The Bertz CT molecular complexity index is 1370. The van der Waals surface area contributed by atoms with Crippen LogP contribution in [-0.4, -0.2) is 48.0 Å². The van der Waals surface area contributed by atoms with Crippen molar-refractivity contribution in [3.63, 3.8) is 0 Å². The molecule has 4 rings (SSSR count). The first-order chi connectivity index (χ1) is 19.3. The zero-order valence-corrected chi connectivity index (χ0v) is 24.0. The Kier molecular flexibility index (Phi) is 9.91. The SMILES string of the molecule is CC1=C(C(=O)O)C(c2cccc(Cl)c2)C(C(=O)NCCC(c2ccccc2)c2ccccc2)=C(OCCCl)N1C. The molecular weight excluding hydrogens is 547 g/mol. The number of aliphatic carboxylic acids is 1. The van der Waals surface area contributed by atoms with E-state index in [4.69, 9.17) is 27.9 Å². The summed E-state index contributed by atoms with van der Waals surface area (Å²) in [7, 11) is 1.68. The van der Waals surface area contributed by atoms with E-state index in [0.717, 1.165) is 11.1 Å². The van der Waals surface area contributed by atoms with Gasteiger partial charge in [-0.25, -0.2) is 4.79 Å². The van der Waals surface area contributed by atoms with Crippen molar-refractivity contribution in [3.05, 3.63) is 129 Å². The van der Waals surface area contributed by atoms with E-state index in [1.165, 1.54) is 0 Å². The van der Waals surface area contributed by atoms with Gasteiger partial charge in [0, 0.05) is 30.2 Å². The van der Waals surface area contributed by atoms with E-state index in [9.17, 15) is 14.7 Å². The van der Waals surface area contributed by atoms with Crippen molar-refractivity contribution in [3.8, 4) is 0 Å². The van der Waals surface area contributed by atoms with E-state index in [1.807, 2.05) is 36.4 Å². The van der Waals surface area contributed by atoms with E-state index < -0.39 is 17.8 Å². The van der Waals surface area contributed by atoms with E-state index >= 15 is 0 Å². The van der Waals surface area contributed by atoms with Crippen LogP contribution < -0.4 is 5.32 Å². The first kappa shape index (κ1) is 29.2. The number of amides is 1. The van der Waals surface area contributed by atoms with E-state index in [-0.39, 0.29) is 35.4 Å². The lowest BCUT2D eigenvalue weighted by molar-refractivity contribution is -0.133. The molecule has 0 aliphatic carbocycles. The fraction of sp³-hybridized carbons (Fsp3) is 0.250. The zero-order valence-electron chi connectivity index (χ0n) is 22.4. The standard InChI is InChI=1S/C32H32Cl2N2O4/c1-21-27(32(38)39)28(24-14-9-15-25(34)20-24)29(31(36(21)2)40-19-17-33)30(37)35-18-16-26(22-10-5-3-6-11-22)23-12-7-4-8-13-23/h3-15,20,26,28H,16-19H2,1-2H3,(H,35,37)(H,38,39). The van der Waals surface area contributed by atoms with Crippen molar-refractivity contribution in [2.24, 2.45) is 0 Å². The van der Waals surface area contributed by atoms with E-state index in [0.29, 0.717) is 29.2 Å². The number of benzene rings is 3. The fourth-order valence-electron chi connectivity index (χ4n) is 5.15. The number of ether oxygens (including phenoxy) is 1. The van der Waals surface area contributed by atoms with Crippen molar-refractivity contribution in [2.45, 2.75) is 25.2 Å². The summed E-state index contributed by atoms with van der Waals surface area (Å²) in [6, 6.07) is 27.2. The Hall–Kier alpha value is -3.74. The minimum atomic E-state index is -1.12. The molecule has 8 heteroatoms. The molecule has 0 saturated heterocycles. The number of carbonyl (C=O) groups excluding carboxylic acids is 1. The average molecular weight is 580 g/mol. The highest BCUT2D eigenvalue weighted by Crippen LogP contribution is 2.42. The lowest BCUT2D eigenvalue weighted by Crippen LogP contribution is -2.38. The molecule has 0 radical (unpaired) electrons. The number of nitrogens with zero attached hydrogens (tertiary/aromatic N) is 1. The van der Waals surface area contributed by atoms with E-state index in [2.05, 4.69) is 29.6 Å². The molecule has 0 aromatic heterocycles. The molecule has 1 amide bonds. The van der Waals surface area contributed by atoms with Gasteiger partial charge in [0.05, 0.1) is 22.9 Å². The average Bonchev–Trinajstić information content (AvgIpc) is 2.96. The second-order valence-corrected chi connectivity index (χ2v) is 10.3. The summed E-state index contributed by atoms with van der Waals surface area (Å²) in [6.07, 6.45) is 0.642. The van der Waals surface area contributed by atoms with Crippen LogP contribution in [0, 0.1) is 0 Å². The minimum absolute atomic E-state index is 0.0677. The topological polar surface area (TPSA) is 78.9 Å². The molecule has 0 fully saturated rings. The third-order valence-corrected chi connectivity index (χ3v) is 7.49. The predicted molar refractivity (Wildman–Crippen MR) is 158 cm³/mol. The Morgan fingerprint density at radius 1 is 0.975 bits per heavy atom. The maximum absolute atomic E-state index is 14.0. The summed E-state index contributed by atoms with van der Waals surface area (Å²) >= 11 is 12.2. The molecule has 1 heterocycles. The number of nitrogens with one attached hydrogen (secondary N) is 1. The molecule has 1 aliphatic rings. The van der Waals surface area contributed by atoms with Crippen molar-refractivity contribution in [1.29, 1.82) is 0 Å². The van der Waals surface area contributed by atoms with Crippen LogP contribution in [0.4, 0.5) is 0 Å². The monoisotopic (exact) mass is 578 g/mol. The van der Waals surface area contributed by atoms with Gasteiger partial charge in [0.15, 0.2) is 0 Å². The quantitative estimate of drug-likeness (QED) is 0.253. The van der Waals surface area contributed by atoms with Gasteiger partial charge in [-0.1, -0.05) is 84.4 Å². The maximum Gasteiger partial charge on any atom is 0.334 e. The van der Waals surface area contributed by atoms with Crippen LogP contribution in [0.2, 0.25) is 5.02 Å². The molecule has 3 aromatic carbocycles. The number of carbonyl (C=O) groups is 2. The number of carboxylic acids is 1. The highest BCUT2D eigenvalue weighted by molar-refractivity contribution is 6.30. The first-order valence-corrected chi connectivity index (χ1v) is 14.0. The minimum Gasteiger partial charge on any atom is -0.478 e. The summed E-state index contributed by atoms with van der Waals surface area (Å²) in [4.78, 5) is 28.1. The van der Waals surface area contributed by atoms with Gasteiger partial charge in [-0.05, 0) is 42.2 Å². The Balaban J connectivity index is 1.69. The number of hydrogen-bond acceptors (Lipinski definition) is 4. The lowest BCUT2D eigenvalue weighted by atomic mass is 9.80. The van der Waals surface area contributed by atoms with Crippen LogP contribution in [0.1, 0.15) is 41.9 Å².